The maximum absolute atomic E-state index is 10.9. The molecule has 0 aliphatic heterocycles. The number of carbonyl (C=O) groups is 1. The van der Waals surface area contributed by atoms with Gasteiger partial charge in [0.25, 0.3) is 0 Å². The molecule has 2 aromatic rings. The summed E-state index contributed by atoms with van der Waals surface area (Å²) in [6.07, 6.45) is 2.04. The minimum absolute atomic E-state index is 0.230. The maximum atomic E-state index is 10.9. The van der Waals surface area contributed by atoms with Crippen molar-refractivity contribution in [3.8, 4) is 5.75 Å². The summed E-state index contributed by atoms with van der Waals surface area (Å²) >= 11 is 1.71. The van der Waals surface area contributed by atoms with E-state index in [1.165, 1.54) is 11.0 Å². The predicted octanol–water partition coefficient (Wildman–Crippen LogP) is 3.60. The Morgan fingerprint density at radius 1 is 1.24 bits per heavy atom. The molecule has 2 aromatic carbocycles. The number of benzene rings is 2. The number of hydrogen-bond donors (Lipinski definition) is 2. The molecular formula is C16H17NO3S. The third kappa shape index (κ3) is 4.72. The fourth-order valence-corrected chi connectivity index (χ4v) is 2.20. The number of hydrogen-bond acceptors (Lipinski definition) is 4. The van der Waals surface area contributed by atoms with Crippen LogP contribution in [0.3, 0.4) is 0 Å². The van der Waals surface area contributed by atoms with Crippen LogP contribution in [0.4, 0.5) is 5.69 Å². The molecule has 0 saturated carbocycles. The second-order valence-corrected chi connectivity index (χ2v) is 5.22. The van der Waals surface area contributed by atoms with Crippen LogP contribution in [0.2, 0.25) is 0 Å². The van der Waals surface area contributed by atoms with Crippen LogP contribution >= 0.6 is 11.8 Å². The Labute approximate surface area is 128 Å². The standard InChI is InChI=1S/C16H17NO3S/c1-21-15-7-5-13(6-8-15)17-9-10-20-14-4-2-3-12(11-14)16(18)19/h2-8,11,17H,9-10H2,1H3,(H,18,19). The Hall–Kier alpha value is -2.14. The van der Waals surface area contributed by atoms with E-state index in [4.69, 9.17) is 9.84 Å². The summed E-state index contributed by atoms with van der Waals surface area (Å²) in [4.78, 5) is 12.1. The van der Waals surface area contributed by atoms with Crippen LogP contribution in [-0.2, 0) is 0 Å². The molecule has 0 unspecified atom stereocenters. The third-order valence-corrected chi connectivity index (χ3v) is 3.61. The van der Waals surface area contributed by atoms with Gasteiger partial charge in [-0.2, -0.15) is 0 Å². The SMILES string of the molecule is CSc1ccc(NCCOc2cccc(C(=O)O)c2)cc1. The van der Waals surface area contributed by atoms with Crippen LogP contribution < -0.4 is 10.1 Å². The number of rotatable bonds is 7. The lowest BCUT2D eigenvalue weighted by Crippen LogP contribution is -2.11. The number of ether oxygens (including phenoxy) is 1. The van der Waals surface area contributed by atoms with E-state index in [2.05, 4.69) is 17.4 Å². The Morgan fingerprint density at radius 3 is 2.67 bits per heavy atom. The molecule has 4 nitrogen and oxygen atoms in total. The largest absolute Gasteiger partial charge is 0.492 e. The van der Waals surface area contributed by atoms with Crippen LogP contribution in [0.1, 0.15) is 10.4 Å². The second kappa shape index (κ2) is 7.59. The zero-order chi connectivity index (χ0) is 15.1. The summed E-state index contributed by atoms with van der Waals surface area (Å²) in [6.45, 7) is 1.11. The van der Waals surface area contributed by atoms with E-state index in [0.717, 1.165) is 5.69 Å². The highest BCUT2D eigenvalue weighted by Gasteiger charge is 2.03. The van der Waals surface area contributed by atoms with Crippen molar-refractivity contribution in [3.05, 3.63) is 54.1 Å². The molecule has 21 heavy (non-hydrogen) atoms. The Kier molecular flexibility index (Phi) is 5.51. The fraction of sp³-hybridized carbons (Fsp3) is 0.188. The van der Waals surface area contributed by atoms with Gasteiger partial charge in [0.05, 0.1) is 5.56 Å². The molecule has 0 spiro atoms. The molecule has 0 fully saturated rings. The van der Waals surface area contributed by atoms with Crippen molar-refractivity contribution in [2.45, 2.75) is 4.90 Å². The molecule has 5 heteroatoms. The Morgan fingerprint density at radius 2 is 2.00 bits per heavy atom. The zero-order valence-corrected chi connectivity index (χ0v) is 12.5. The molecule has 0 aliphatic carbocycles. The van der Waals surface area contributed by atoms with Crippen LogP contribution in [0.15, 0.2) is 53.4 Å². The molecule has 0 radical (unpaired) electrons. The third-order valence-electron chi connectivity index (χ3n) is 2.87. The number of carboxylic acid groups (broad SMARTS) is 1. The summed E-state index contributed by atoms with van der Waals surface area (Å²) in [6, 6.07) is 14.7. The van der Waals surface area contributed by atoms with E-state index in [1.54, 1.807) is 30.0 Å². The lowest BCUT2D eigenvalue weighted by atomic mass is 10.2. The first-order valence-electron chi connectivity index (χ1n) is 6.53. The lowest BCUT2D eigenvalue weighted by molar-refractivity contribution is 0.0696. The molecule has 2 N–H and O–H groups in total. The summed E-state index contributed by atoms with van der Waals surface area (Å²) < 4.78 is 5.53. The Bertz CT molecular complexity index is 599. The van der Waals surface area contributed by atoms with E-state index < -0.39 is 5.97 Å². The lowest BCUT2D eigenvalue weighted by Gasteiger charge is -2.09. The normalized spacial score (nSPS) is 10.1. The number of nitrogens with one attached hydrogen (secondary N) is 1. The molecule has 0 aliphatic rings. The van der Waals surface area contributed by atoms with Crippen LogP contribution in [0.25, 0.3) is 0 Å². The number of thioether (sulfide) groups is 1. The van der Waals surface area contributed by atoms with E-state index in [0.29, 0.717) is 18.9 Å². The van der Waals surface area contributed by atoms with Crippen molar-refractivity contribution in [2.75, 3.05) is 24.7 Å². The van der Waals surface area contributed by atoms with E-state index in [9.17, 15) is 4.79 Å². The summed E-state index contributed by atoms with van der Waals surface area (Å²) in [5.74, 6) is -0.387. The van der Waals surface area contributed by atoms with E-state index in [-0.39, 0.29) is 5.56 Å². The highest BCUT2D eigenvalue weighted by Crippen LogP contribution is 2.17. The van der Waals surface area contributed by atoms with Crippen molar-refractivity contribution in [3.63, 3.8) is 0 Å². The monoisotopic (exact) mass is 303 g/mol. The Balaban J connectivity index is 1.78. The van der Waals surface area contributed by atoms with Gasteiger partial charge in [0, 0.05) is 17.1 Å². The molecule has 0 aromatic heterocycles. The highest BCUT2D eigenvalue weighted by molar-refractivity contribution is 7.98. The van der Waals surface area contributed by atoms with Gasteiger partial charge in [-0.25, -0.2) is 4.79 Å². The molecule has 2 rings (SSSR count). The quantitative estimate of drug-likeness (QED) is 0.604. The summed E-state index contributed by atoms with van der Waals surface area (Å²) in [5.41, 5.74) is 1.27. The number of carboxylic acids is 1. The topological polar surface area (TPSA) is 58.6 Å². The van der Waals surface area contributed by atoms with Crippen LogP contribution in [0.5, 0.6) is 5.75 Å². The van der Waals surface area contributed by atoms with Crippen molar-refractivity contribution < 1.29 is 14.6 Å². The second-order valence-electron chi connectivity index (χ2n) is 4.34. The first kappa shape index (κ1) is 15.3. The molecule has 0 heterocycles. The first-order valence-corrected chi connectivity index (χ1v) is 7.75. The molecular weight excluding hydrogens is 286 g/mol. The molecule has 0 amide bonds. The van der Waals surface area contributed by atoms with Gasteiger partial charge in [-0.1, -0.05) is 6.07 Å². The van der Waals surface area contributed by atoms with Crippen LogP contribution in [-0.4, -0.2) is 30.5 Å². The molecule has 0 saturated heterocycles. The van der Waals surface area contributed by atoms with Gasteiger partial charge in [0.1, 0.15) is 12.4 Å². The molecule has 110 valence electrons. The van der Waals surface area contributed by atoms with Gasteiger partial charge in [-0.05, 0) is 48.7 Å². The average Bonchev–Trinajstić information content (AvgIpc) is 2.52. The van der Waals surface area contributed by atoms with Crippen molar-refractivity contribution in [1.82, 2.24) is 0 Å². The van der Waals surface area contributed by atoms with Crippen molar-refractivity contribution in [2.24, 2.45) is 0 Å². The highest BCUT2D eigenvalue weighted by atomic mass is 32.2. The maximum Gasteiger partial charge on any atom is 0.335 e. The van der Waals surface area contributed by atoms with Crippen LogP contribution in [0, 0.1) is 0 Å². The van der Waals surface area contributed by atoms with E-state index >= 15 is 0 Å². The smallest absolute Gasteiger partial charge is 0.335 e. The summed E-state index contributed by atoms with van der Waals surface area (Å²) in [5, 5.41) is 12.2. The minimum atomic E-state index is -0.951. The minimum Gasteiger partial charge on any atom is -0.492 e. The van der Waals surface area contributed by atoms with E-state index in [1.807, 2.05) is 18.4 Å². The first-order chi connectivity index (χ1) is 10.2. The van der Waals surface area contributed by atoms with Crippen molar-refractivity contribution >= 4 is 23.4 Å². The number of aromatic carboxylic acids is 1. The average molecular weight is 303 g/mol. The van der Waals surface area contributed by atoms with Gasteiger partial charge in [0.15, 0.2) is 0 Å². The number of anilines is 1. The fourth-order valence-electron chi connectivity index (χ4n) is 1.79. The van der Waals surface area contributed by atoms with Gasteiger partial charge in [0.2, 0.25) is 0 Å². The predicted molar refractivity (Wildman–Crippen MR) is 85.6 cm³/mol. The summed E-state index contributed by atoms with van der Waals surface area (Å²) in [7, 11) is 0. The zero-order valence-electron chi connectivity index (χ0n) is 11.7. The van der Waals surface area contributed by atoms with Gasteiger partial charge in [-0.3, -0.25) is 0 Å². The van der Waals surface area contributed by atoms with Gasteiger partial charge < -0.3 is 15.2 Å². The van der Waals surface area contributed by atoms with Gasteiger partial charge >= 0.3 is 5.97 Å². The molecule has 0 atom stereocenters. The van der Waals surface area contributed by atoms with Gasteiger partial charge in [-0.15, -0.1) is 11.8 Å². The molecule has 0 bridgehead atoms. The van der Waals surface area contributed by atoms with Crippen molar-refractivity contribution in [1.29, 1.82) is 0 Å².